The van der Waals surface area contributed by atoms with Gasteiger partial charge in [0.25, 0.3) is 14.1 Å². The Morgan fingerprint density at radius 1 is 0.975 bits per heavy atom. The molecule has 0 aliphatic carbocycles. The first kappa shape index (κ1) is 31.5. The van der Waals surface area contributed by atoms with E-state index >= 15 is 0 Å². The summed E-state index contributed by atoms with van der Waals surface area (Å²) in [5.41, 5.74) is 0. The number of carbonyl (C=O) groups is 3. The summed E-state index contributed by atoms with van der Waals surface area (Å²) in [5.74, 6) is -3.75. The molecule has 0 N–H and O–H groups in total. The second-order valence-corrected chi connectivity index (χ2v) is 15.0. The van der Waals surface area contributed by atoms with Crippen molar-refractivity contribution in [1.29, 1.82) is 0 Å². The van der Waals surface area contributed by atoms with Crippen molar-refractivity contribution in [2.75, 3.05) is 20.3 Å². The van der Waals surface area contributed by atoms with Gasteiger partial charge in [0, 0.05) is 21.0 Å². The highest BCUT2D eigenvalue weighted by atomic mass is 28.4. The number of hydrogen-bond donors (Lipinski definition) is 0. The molecule has 0 bridgehead atoms. The van der Waals surface area contributed by atoms with Crippen molar-refractivity contribution < 1.29 is 42.5 Å². The Labute approximate surface area is 237 Å². The Morgan fingerprint density at radius 2 is 1.52 bits per heavy atom. The van der Waals surface area contributed by atoms with Gasteiger partial charge in [0.15, 0.2) is 6.10 Å². The quantitative estimate of drug-likeness (QED) is 0.228. The normalized spacial score (nSPS) is 21.9. The van der Waals surface area contributed by atoms with Crippen molar-refractivity contribution in [1.82, 2.24) is 0 Å². The monoisotopic (exact) mass is 572 g/mol. The molecule has 1 aliphatic rings. The first-order valence-corrected chi connectivity index (χ1v) is 15.3. The maximum atomic E-state index is 12.9. The van der Waals surface area contributed by atoms with Crippen molar-refractivity contribution in [3.63, 3.8) is 0 Å². The second kappa shape index (κ2) is 13.1. The van der Waals surface area contributed by atoms with Gasteiger partial charge in [0.2, 0.25) is 0 Å². The summed E-state index contributed by atoms with van der Waals surface area (Å²) in [6, 6.07) is 20.0. The molecular formula is C30H40O9Si. The van der Waals surface area contributed by atoms with Crippen molar-refractivity contribution in [3.8, 4) is 0 Å². The molecule has 0 aromatic heterocycles. The van der Waals surface area contributed by atoms with Crippen LogP contribution in [0, 0.1) is 0 Å². The van der Waals surface area contributed by atoms with Crippen LogP contribution in [-0.2, 0) is 42.5 Å². The van der Waals surface area contributed by atoms with Crippen molar-refractivity contribution in [2.24, 2.45) is 0 Å². The molecule has 1 unspecified atom stereocenters. The lowest BCUT2D eigenvalue weighted by atomic mass is 10.0. The van der Waals surface area contributed by atoms with Gasteiger partial charge in [0.05, 0.1) is 19.6 Å². The molecule has 1 saturated heterocycles. The largest absolute Gasteiger partial charge is 0.462 e. The smallest absolute Gasteiger partial charge is 0.367 e. The predicted octanol–water partition coefficient (Wildman–Crippen LogP) is 3.12. The summed E-state index contributed by atoms with van der Waals surface area (Å²) < 4.78 is 35.1. The lowest BCUT2D eigenvalue weighted by Crippen LogP contribution is -2.67. The summed E-state index contributed by atoms with van der Waals surface area (Å²) in [7, 11) is -1.71. The molecule has 1 fully saturated rings. The van der Waals surface area contributed by atoms with Gasteiger partial charge < -0.3 is 28.1 Å². The standard InChI is InChI=1S/C30H40O9Si/c1-8-35-28(33)30(34-7)19-25(37-21(2)31)27(39-30)26(38-22(3)32)20-36-40(29(4,5)6,23-15-11-9-12-16-23)24-17-13-10-14-18-24/h9-18,25-27H,8,19-20H2,1-7H3/t25-,26?,27+,30-/m0/s1. The third-order valence-electron chi connectivity index (χ3n) is 6.96. The molecule has 9 nitrogen and oxygen atoms in total. The zero-order chi connectivity index (χ0) is 29.6. The van der Waals surface area contributed by atoms with Gasteiger partial charge in [-0.3, -0.25) is 9.59 Å². The number of methoxy groups -OCH3 is 1. The van der Waals surface area contributed by atoms with E-state index in [-0.39, 0.29) is 24.7 Å². The lowest BCUT2D eigenvalue weighted by molar-refractivity contribution is -0.242. The van der Waals surface area contributed by atoms with Gasteiger partial charge in [-0.25, -0.2) is 4.79 Å². The van der Waals surface area contributed by atoms with Crippen LogP contribution >= 0.6 is 0 Å². The van der Waals surface area contributed by atoms with Crippen molar-refractivity contribution in [2.45, 2.75) is 77.1 Å². The highest BCUT2D eigenvalue weighted by Crippen LogP contribution is 2.40. The van der Waals surface area contributed by atoms with Crippen LogP contribution in [-0.4, -0.2) is 70.6 Å². The van der Waals surface area contributed by atoms with Crippen LogP contribution in [0.3, 0.4) is 0 Å². The first-order chi connectivity index (χ1) is 18.9. The Hall–Kier alpha value is -3.05. The summed E-state index contributed by atoms with van der Waals surface area (Å²) in [4.78, 5) is 37.2. The molecule has 2 aromatic carbocycles. The predicted molar refractivity (Wildman–Crippen MR) is 151 cm³/mol. The number of carbonyl (C=O) groups excluding carboxylic acids is 3. The van der Waals surface area contributed by atoms with Crippen molar-refractivity contribution in [3.05, 3.63) is 60.7 Å². The summed E-state index contributed by atoms with van der Waals surface area (Å²) in [6.45, 7) is 10.6. The maximum Gasteiger partial charge on any atom is 0.367 e. The van der Waals surface area contributed by atoms with Crippen LogP contribution in [0.15, 0.2) is 60.7 Å². The highest BCUT2D eigenvalue weighted by Gasteiger charge is 2.59. The molecule has 218 valence electrons. The molecule has 0 saturated carbocycles. The zero-order valence-corrected chi connectivity index (χ0v) is 25.3. The van der Waals surface area contributed by atoms with E-state index in [0.717, 1.165) is 10.4 Å². The van der Waals surface area contributed by atoms with Crippen LogP contribution in [0.1, 0.15) is 48.0 Å². The minimum absolute atomic E-state index is 0.0854. The molecule has 0 radical (unpaired) electrons. The molecule has 0 amide bonds. The van der Waals surface area contributed by atoms with Gasteiger partial charge in [-0.05, 0) is 22.3 Å². The van der Waals surface area contributed by atoms with E-state index in [2.05, 4.69) is 45.0 Å². The number of hydrogen-bond acceptors (Lipinski definition) is 9. The average Bonchev–Trinajstić information content (AvgIpc) is 3.28. The molecule has 2 aromatic rings. The van der Waals surface area contributed by atoms with Gasteiger partial charge in [-0.2, -0.15) is 0 Å². The van der Waals surface area contributed by atoms with Crippen LogP contribution in [0.5, 0.6) is 0 Å². The van der Waals surface area contributed by atoms with Gasteiger partial charge in [-0.1, -0.05) is 81.4 Å². The molecule has 40 heavy (non-hydrogen) atoms. The van der Waals surface area contributed by atoms with E-state index in [4.69, 9.17) is 28.1 Å². The number of ether oxygens (including phenoxy) is 5. The van der Waals surface area contributed by atoms with E-state index in [1.54, 1.807) is 6.92 Å². The van der Waals surface area contributed by atoms with Gasteiger partial charge >= 0.3 is 17.9 Å². The van der Waals surface area contributed by atoms with E-state index < -0.39 is 50.3 Å². The van der Waals surface area contributed by atoms with Gasteiger partial charge in [-0.15, -0.1) is 0 Å². The number of benzene rings is 2. The SMILES string of the molecule is CCOC(=O)[C@]1(OC)C[C@H](OC(C)=O)[C@H](C(CO[Si](c2ccccc2)(c2ccccc2)C(C)(C)C)OC(C)=O)O1. The first-order valence-electron chi connectivity index (χ1n) is 13.4. The van der Waals surface area contributed by atoms with E-state index in [1.807, 2.05) is 36.4 Å². The number of esters is 3. The molecule has 3 rings (SSSR count). The van der Waals surface area contributed by atoms with Crippen LogP contribution in [0.2, 0.25) is 5.04 Å². The van der Waals surface area contributed by atoms with Crippen LogP contribution in [0.4, 0.5) is 0 Å². The Morgan fingerprint density at radius 3 is 1.95 bits per heavy atom. The Kier molecular flexibility index (Phi) is 10.3. The molecule has 1 heterocycles. The molecule has 10 heteroatoms. The minimum Gasteiger partial charge on any atom is -0.462 e. The fourth-order valence-corrected chi connectivity index (χ4v) is 9.90. The molecule has 0 spiro atoms. The summed E-state index contributed by atoms with van der Waals surface area (Å²) >= 11 is 0. The minimum atomic E-state index is -3.02. The second-order valence-electron chi connectivity index (χ2n) is 10.7. The maximum absolute atomic E-state index is 12.9. The lowest BCUT2D eigenvalue weighted by Gasteiger charge is -2.44. The fraction of sp³-hybridized carbons (Fsp3) is 0.500. The summed E-state index contributed by atoms with van der Waals surface area (Å²) in [6.07, 6.45) is -3.19. The molecule has 4 atom stereocenters. The third-order valence-corrected chi connectivity index (χ3v) is 12.0. The topological polar surface area (TPSA) is 107 Å². The Balaban J connectivity index is 2.08. The van der Waals surface area contributed by atoms with Crippen LogP contribution < -0.4 is 10.4 Å². The third kappa shape index (κ3) is 6.63. The Bertz CT molecular complexity index is 1110. The molecule has 1 aliphatic heterocycles. The highest BCUT2D eigenvalue weighted by molar-refractivity contribution is 6.99. The fourth-order valence-electron chi connectivity index (χ4n) is 5.33. The average molecular weight is 573 g/mol. The van der Waals surface area contributed by atoms with E-state index in [0.29, 0.717) is 0 Å². The van der Waals surface area contributed by atoms with Crippen LogP contribution in [0.25, 0.3) is 0 Å². The van der Waals surface area contributed by atoms with E-state index in [9.17, 15) is 14.4 Å². The number of rotatable bonds is 11. The van der Waals surface area contributed by atoms with Gasteiger partial charge in [0.1, 0.15) is 12.2 Å². The zero-order valence-electron chi connectivity index (χ0n) is 24.3. The van der Waals surface area contributed by atoms with Crippen molar-refractivity contribution >= 4 is 36.6 Å². The summed E-state index contributed by atoms with van der Waals surface area (Å²) in [5, 5.41) is 1.73. The molecular weight excluding hydrogens is 532 g/mol. The van der Waals surface area contributed by atoms with E-state index in [1.165, 1.54) is 21.0 Å².